The number of hydrogen-bond donors (Lipinski definition) is 1. The average molecular weight is 305 g/mol. The normalized spacial score (nSPS) is 11.9. The van der Waals surface area contributed by atoms with Crippen LogP contribution >= 0.6 is 0 Å². The van der Waals surface area contributed by atoms with Gasteiger partial charge in [0.15, 0.2) is 0 Å². The van der Waals surface area contributed by atoms with E-state index in [2.05, 4.69) is 0 Å². The Bertz CT molecular complexity index is 599. The van der Waals surface area contributed by atoms with E-state index in [0.717, 1.165) is 16.2 Å². The lowest BCUT2D eigenvalue weighted by molar-refractivity contribution is 0.342. The maximum Gasteiger partial charge on any atom is 0.120 e. The zero-order valence-electron chi connectivity index (χ0n) is 12.0. The summed E-state index contributed by atoms with van der Waals surface area (Å²) in [5.74, 6) is 1.90. The average Bonchev–Trinajstić information content (AvgIpc) is 2.55. The molecule has 112 valence electrons. The summed E-state index contributed by atoms with van der Waals surface area (Å²) in [6, 6.07) is 14.9. The molecular weight excluding hydrogens is 286 g/mol. The molecule has 0 aliphatic rings. The topological polar surface area (TPSA) is 61.5 Å². The second-order valence-corrected chi connectivity index (χ2v) is 6.00. The molecule has 21 heavy (non-hydrogen) atoms. The predicted octanol–water partition coefficient (Wildman–Crippen LogP) is 2.34. The molecule has 0 heterocycles. The second-order valence-electron chi connectivity index (χ2n) is 4.43. The van der Waals surface area contributed by atoms with Crippen LogP contribution in [0.1, 0.15) is 5.56 Å². The van der Waals surface area contributed by atoms with Crippen LogP contribution in [0.2, 0.25) is 0 Å². The molecule has 0 aromatic heterocycles. The van der Waals surface area contributed by atoms with Gasteiger partial charge in [-0.25, -0.2) is 0 Å². The lowest BCUT2D eigenvalue weighted by atomic mass is 10.2. The van der Waals surface area contributed by atoms with Crippen molar-refractivity contribution in [3.8, 4) is 11.5 Å². The third-order valence-electron chi connectivity index (χ3n) is 3.00. The SMILES string of the molecule is COc1cccc(S(=O)CCOc2ccc(CN)cc2)c1. The van der Waals surface area contributed by atoms with Gasteiger partial charge in [-0.05, 0) is 35.9 Å². The van der Waals surface area contributed by atoms with E-state index in [9.17, 15) is 4.21 Å². The van der Waals surface area contributed by atoms with Crippen molar-refractivity contribution in [2.45, 2.75) is 11.4 Å². The summed E-state index contributed by atoms with van der Waals surface area (Å²) in [6.07, 6.45) is 0. The van der Waals surface area contributed by atoms with Crippen LogP contribution in [0.5, 0.6) is 11.5 Å². The molecule has 2 aromatic carbocycles. The second kappa shape index (κ2) is 7.81. The predicted molar refractivity (Wildman–Crippen MR) is 84.1 cm³/mol. The molecule has 0 aliphatic heterocycles. The molecule has 0 spiro atoms. The van der Waals surface area contributed by atoms with Crippen molar-refractivity contribution in [1.29, 1.82) is 0 Å². The van der Waals surface area contributed by atoms with E-state index in [1.807, 2.05) is 42.5 Å². The van der Waals surface area contributed by atoms with Crippen LogP contribution in [-0.4, -0.2) is 23.7 Å². The summed E-state index contributed by atoms with van der Waals surface area (Å²) in [5, 5.41) is 0. The molecule has 1 unspecified atom stereocenters. The summed E-state index contributed by atoms with van der Waals surface area (Å²) >= 11 is 0. The van der Waals surface area contributed by atoms with E-state index in [-0.39, 0.29) is 0 Å². The van der Waals surface area contributed by atoms with Crippen LogP contribution in [0.4, 0.5) is 0 Å². The first-order chi connectivity index (χ1) is 10.2. The van der Waals surface area contributed by atoms with Gasteiger partial charge in [0.25, 0.3) is 0 Å². The lowest BCUT2D eigenvalue weighted by Gasteiger charge is -2.08. The number of rotatable bonds is 7. The highest BCUT2D eigenvalue weighted by Gasteiger charge is 2.05. The van der Waals surface area contributed by atoms with E-state index in [1.165, 1.54) is 0 Å². The minimum atomic E-state index is -1.10. The molecule has 5 heteroatoms. The van der Waals surface area contributed by atoms with Crippen molar-refractivity contribution in [3.05, 3.63) is 54.1 Å². The third-order valence-corrected chi connectivity index (χ3v) is 4.32. The van der Waals surface area contributed by atoms with Crippen molar-refractivity contribution in [3.63, 3.8) is 0 Å². The Kier molecular flexibility index (Phi) is 5.78. The maximum absolute atomic E-state index is 12.2. The van der Waals surface area contributed by atoms with Gasteiger partial charge >= 0.3 is 0 Å². The molecule has 0 saturated carbocycles. The minimum absolute atomic E-state index is 0.395. The van der Waals surface area contributed by atoms with Gasteiger partial charge in [0.2, 0.25) is 0 Å². The maximum atomic E-state index is 12.2. The summed E-state index contributed by atoms with van der Waals surface area (Å²) in [7, 11) is 0.493. The molecule has 4 nitrogen and oxygen atoms in total. The fourth-order valence-corrected chi connectivity index (χ4v) is 2.77. The van der Waals surface area contributed by atoms with Crippen molar-refractivity contribution in [1.82, 2.24) is 0 Å². The van der Waals surface area contributed by atoms with Gasteiger partial charge < -0.3 is 15.2 Å². The van der Waals surface area contributed by atoms with Gasteiger partial charge in [0.1, 0.15) is 18.1 Å². The molecule has 0 radical (unpaired) electrons. The zero-order chi connectivity index (χ0) is 15.1. The van der Waals surface area contributed by atoms with Gasteiger partial charge in [0.05, 0.1) is 23.7 Å². The monoisotopic (exact) mass is 305 g/mol. The van der Waals surface area contributed by atoms with E-state index < -0.39 is 10.8 Å². The van der Waals surface area contributed by atoms with E-state index in [4.69, 9.17) is 15.2 Å². The smallest absolute Gasteiger partial charge is 0.120 e. The van der Waals surface area contributed by atoms with Crippen molar-refractivity contribution >= 4 is 10.8 Å². The molecule has 2 N–H and O–H groups in total. The van der Waals surface area contributed by atoms with Gasteiger partial charge in [-0.15, -0.1) is 0 Å². The van der Waals surface area contributed by atoms with Gasteiger partial charge in [0, 0.05) is 11.4 Å². The fraction of sp³-hybridized carbons (Fsp3) is 0.250. The molecule has 0 fully saturated rings. The van der Waals surface area contributed by atoms with Crippen LogP contribution in [-0.2, 0) is 17.3 Å². The Morgan fingerprint density at radius 2 is 1.86 bits per heavy atom. The zero-order valence-corrected chi connectivity index (χ0v) is 12.8. The summed E-state index contributed by atoms with van der Waals surface area (Å²) < 4.78 is 22.9. The lowest BCUT2D eigenvalue weighted by Crippen LogP contribution is -2.09. The van der Waals surface area contributed by atoms with Crippen LogP contribution in [0.15, 0.2) is 53.4 Å². The molecule has 0 amide bonds. The van der Waals surface area contributed by atoms with Gasteiger partial charge in [-0.1, -0.05) is 18.2 Å². The number of methoxy groups -OCH3 is 1. The molecule has 0 bridgehead atoms. The Morgan fingerprint density at radius 3 is 2.52 bits per heavy atom. The third kappa shape index (κ3) is 4.58. The van der Waals surface area contributed by atoms with Crippen molar-refractivity contribution in [2.24, 2.45) is 5.73 Å². The quantitative estimate of drug-likeness (QED) is 0.853. The largest absolute Gasteiger partial charge is 0.497 e. The van der Waals surface area contributed by atoms with Gasteiger partial charge in [-0.3, -0.25) is 4.21 Å². The van der Waals surface area contributed by atoms with E-state index in [0.29, 0.717) is 24.7 Å². The molecule has 2 rings (SSSR count). The molecular formula is C16H19NO3S. The molecule has 0 saturated heterocycles. The highest BCUT2D eigenvalue weighted by molar-refractivity contribution is 7.85. The highest BCUT2D eigenvalue weighted by atomic mass is 32.2. The Balaban J connectivity index is 1.85. The Hall–Kier alpha value is -1.85. The van der Waals surface area contributed by atoms with Crippen molar-refractivity contribution < 1.29 is 13.7 Å². The first-order valence-electron chi connectivity index (χ1n) is 6.67. The highest BCUT2D eigenvalue weighted by Crippen LogP contribution is 2.16. The van der Waals surface area contributed by atoms with Crippen LogP contribution in [0.3, 0.4) is 0 Å². The fourth-order valence-electron chi connectivity index (χ4n) is 1.82. The number of benzene rings is 2. The number of hydrogen-bond acceptors (Lipinski definition) is 4. The van der Waals surface area contributed by atoms with Crippen LogP contribution in [0.25, 0.3) is 0 Å². The summed E-state index contributed by atoms with van der Waals surface area (Å²) in [5.41, 5.74) is 6.59. The standard InChI is InChI=1S/C16H19NO3S/c1-19-15-3-2-4-16(11-15)21(18)10-9-20-14-7-5-13(12-17)6-8-14/h2-8,11H,9-10,12,17H2,1H3. The Morgan fingerprint density at radius 1 is 1.10 bits per heavy atom. The van der Waals surface area contributed by atoms with Gasteiger partial charge in [-0.2, -0.15) is 0 Å². The van der Waals surface area contributed by atoms with E-state index in [1.54, 1.807) is 13.2 Å². The molecule has 2 aromatic rings. The number of ether oxygens (including phenoxy) is 2. The molecule has 0 aliphatic carbocycles. The first kappa shape index (κ1) is 15.5. The van der Waals surface area contributed by atoms with Crippen molar-refractivity contribution in [2.75, 3.05) is 19.5 Å². The van der Waals surface area contributed by atoms with Crippen LogP contribution < -0.4 is 15.2 Å². The summed E-state index contributed by atoms with van der Waals surface area (Å²) in [4.78, 5) is 0.747. The molecule has 1 atom stereocenters. The van der Waals surface area contributed by atoms with Crippen LogP contribution in [0, 0.1) is 0 Å². The van der Waals surface area contributed by atoms with E-state index >= 15 is 0 Å². The first-order valence-corrected chi connectivity index (χ1v) is 7.99. The summed E-state index contributed by atoms with van der Waals surface area (Å²) in [6.45, 7) is 0.909. The minimum Gasteiger partial charge on any atom is -0.497 e. The number of nitrogens with two attached hydrogens (primary N) is 1. The Labute approximate surface area is 127 Å².